The molecule has 1 aromatic rings. The third-order valence-electron chi connectivity index (χ3n) is 5.08. The van der Waals surface area contributed by atoms with Gasteiger partial charge in [-0.05, 0) is 63.0 Å². The molecule has 0 aromatic heterocycles. The van der Waals surface area contributed by atoms with E-state index < -0.39 is 5.54 Å². The molecule has 2 aliphatic rings. The summed E-state index contributed by atoms with van der Waals surface area (Å²) in [6.45, 7) is 4.23. The van der Waals surface area contributed by atoms with Crippen molar-refractivity contribution in [3.05, 3.63) is 29.8 Å². The zero-order chi connectivity index (χ0) is 17.7. The van der Waals surface area contributed by atoms with Crippen LogP contribution in [0.4, 0.5) is 0 Å². The van der Waals surface area contributed by atoms with Crippen molar-refractivity contribution < 1.29 is 14.6 Å². The molecular formula is C19H27IN2O3. The topological polar surface area (TPSA) is 61.8 Å². The second-order valence-corrected chi connectivity index (χ2v) is 8.57. The average Bonchev–Trinajstić information content (AvgIpc) is 3.29. The number of amides is 1. The molecule has 1 aromatic carbocycles. The molecule has 2 unspecified atom stereocenters. The van der Waals surface area contributed by atoms with Gasteiger partial charge in [-0.15, -0.1) is 0 Å². The number of rotatable bonds is 8. The maximum absolute atomic E-state index is 12.3. The molecular weight excluding hydrogens is 431 g/mol. The van der Waals surface area contributed by atoms with E-state index in [1.807, 2.05) is 12.1 Å². The van der Waals surface area contributed by atoms with Crippen LogP contribution in [0.2, 0.25) is 0 Å². The summed E-state index contributed by atoms with van der Waals surface area (Å²) < 4.78 is 6.09. The van der Waals surface area contributed by atoms with Gasteiger partial charge in [-0.1, -0.05) is 29.0 Å². The van der Waals surface area contributed by atoms with Gasteiger partial charge in [0, 0.05) is 16.0 Å². The smallest absolute Gasteiger partial charge is 0.251 e. The molecule has 2 fully saturated rings. The van der Waals surface area contributed by atoms with E-state index in [0.717, 1.165) is 25.1 Å². The molecule has 3 rings (SSSR count). The fourth-order valence-electron chi connectivity index (χ4n) is 3.26. The van der Waals surface area contributed by atoms with Gasteiger partial charge in [0.05, 0.1) is 18.8 Å². The number of piperidine rings is 1. The van der Waals surface area contributed by atoms with Crippen molar-refractivity contribution >= 4 is 28.5 Å². The molecule has 0 radical (unpaired) electrons. The number of carbonyl (C=O) groups excluding carboxylic acids is 1. The Morgan fingerprint density at radius 2 is 1.96 bits per heavy atom. The lowest BCUT2D eigenvalue weighted by atomic mass is 10.1. The largest absolute Gasteiger partial charge is 0.494 e. The monoisotopic (exact) mass is 458 g/mol. The maximum Gasteiger partial charge on any atom is 0.251 e. The number of carbonyl (C=O) groups is 1. The lowest BCUT2D eigenvalue weighted by Gasteiger charge is -2.26. The molecule has 1 heterocycles. The van der Waals surface area contributed by atoms with E-state index in [4.69, 9.17) is 4.74 Å². The van der Waals surface area contributed by atoms with Crippen LogP contribution in [0, 0.1) is 0 Å². The van der Waals surface area contributed by atoms with Crippen LogP contribution < -0.4 is 10.1 Å². The van der Waals surface area contributed by atoms with Crippen LogP contribution in [0.25, 0.3) is 0 Å². The summed E-state index contributed by atoms with van der Waals surface area (Å²) in [5.41, 5.74) is 0.172. The van der Waals surface area contributed by atoms with Crippen LogP contribution in [-0.4, -0.2) is 58.2 Å². The van der Waals surface area contributed by atoms with Crippen LogP contribution in [0.5, 0.6) is 5.75 Å². The van der Waals surface area contributed by atoms with Crippen molar-refractivity contribution in [3.63, 3.8) is 0 Å². The second-order valence-electron chi connectivity index (χ2n) is 7.07. The van der Waals surface area contributed by atoms with Gasteiger partial charge in [0.1, 0.15) is 5.75 Å². The minimum atomic E-state index is -0.429. The second kappa shape index (κ2) is 8.68. The first-order valence-electron chi connectivity index (χ1n) is 9.16. The van der Waals surface area contributed by atoms with E-state index in [-0.39, 0.29) is 12.5 Å². The molecule has 138 valence electrons. The van der Waals surface area contributed by atoms with Gasteiger partial charge in [-0.3, -0.25) is 4.79 Å². The van der Waals surface area contributed by atoms with Gasteiger partial charge in [-0.25, -0.2) is 0 Å². The molecule has 0 bridgehead atoms. The van der Waals surface area contributed by atoms with E-state index in [1.165, 1.54) is 32.4 Å². The van der Waals surface area contributed by atoms with Gasteiger partial charge >= 0.3 is 0 Å². The first-order valence-corrected chi connectivity index (χ1v) is 10.4. The molecule has 1 amide bonds. The number of nitrogens with zero attached hydrogens (tertiary/aromatic N) is 1. The number of ether oxygens (including phenoxy) is 1. The molecule has 25 heavy (non-hydrogen) atoms. The number of alkyl halides is 1. The van der Waals surface area contributed by atoms with Gasteiger partial charge < -0.3 is 20.1 Å². The number of hydrogen-bond donors (Lipinski definition) is 2. The Kier molecular flexibility index (Phi) is 6.57. The summed E-state index contributed by atoms with van der Waals surface area (Å²) in [5, 5.41) is 12.4. The highest BCUT2D eigenvalue weighted by atomic mass is 127. The number of benzene rings is 1. The molecule has 6 heteroatoms. The number of aliphatic hydroxyl groups is 1. The summed E-state index contributed by atoms with van der Waals surface area (Å²) in [5.74, 6) is 0.662. The number of aliphatic hydroxyl groups excluding tert-OH is 1. The van der Waals surface area contributed by atoms with E-state index in [0.29, 0.717) is 16.1 Å². The maximum atomic E-state index is 12.3. The van der Waals surface area contributed by atoms with Crippen LogP contribution in [0.15, 0.2) is 24.3 Å². The third-order valence-corrected chi connectivity index (χ3v) is 6.71. The average molecular weight is 458 g/mol. The van der Waals surface area contributed by atoms with Crippen molar-refractivity contribution in [2.45, 2.75) is 41.6 Å². The third kappa shape index (κ3) is 5.08. The van der Waals surface area contributed by atoms with Gasteiger partial charge in [0.2, 0.25) is 0 Å². The fourth-order valence-corrected chi connectivity index (χ4v) is 4.39. The SMILES string of the molecule is O=C(NC1(CO)CC1I)c1ccc(OCCCN2CCCCC2)cc1. The van der Waals surface area contributed by atoms with E-state index in [1.54, 1.807) is 12.1 Å². The Morgan fingerprint density at radius 3 is 2.56 bits per heavy atom. The number of nitrogens with one attached hydrogen (secondary N) is 1. The van der Waals surface area contributed by atoms with Crippen molar-refractivity contribution in [1.29, 1.82) is 0 Å². The Labute approximate surface area is 163 Å². The number of halogens is 1. The van der Waals surface area contributed by atoms with Gasteiger partial charge in [0.25, 0.3) is 5.91 Å². The Balaban J connectivity index is 1.40. The van der Waals surface area contributed by atoms with Crippen LogP contribution in [-0.2, 0) is 0 Å². The summed E-state index contributed by atoms with van der Waals surface area (Å²) in [4.78, 5) is 14.8. The number of likely N-dealkylation sites (tertiary alicyclic amines) is 1. The van der Waals surface area contributed by atoms with Crippen molar-refractivity contribution in [1.82, 2.24) is 10.2 Å². The fraction of sp³-hybridized carbons (Fsp3) is 0.632. The predicted molar refractivity (Wildman–Crippen MR) is 107 cm³/mol. The quantitative estimate of drug-likeness (QED) is 0.357. The first-order chi connectivity index (χ1) is 12.1. The standard InChI is InChI=1S/C19H27IN2O3/c20-17-13-19(17,14-23)21-18(24)15-5-7-16(8-6-15)25-12-4-11-22-9-2-1-3-10-22/h5-8,17,23H,1-4,9-14H2,(H,21,24). The zero-order valence-corrected chi connectivity index (χ0v) is 16.7. The van der Waals surface area contributed by atoms with Gasteiger partial charge in [-0.2, -0.15) is 0 Å². The van der Waals surface area contributed by atoms with Crippen molar-refractivity contribution in [2.24, 2.45) is 0 Å². The van der Waals surface area contributed by atoms with Crippen LogP contribution in [0.3, 0.4) is 0 Å². The molecule has 2 atom stereocenters. The summed E-state index contributed by atoms with van der Waals surface area (Å²) in [7, 11) is 0. The molecule has 0 spiro atoms. The van der Waals surface area contributed by atoms with Gasteiger partial charge in [0.15, 0.2) is 0 Å². The van der Waals surface area contributed by atoms with E-state index >= 15 is 0 Å². The number of hydrogen-bond acceptors (Lipinski definition) is 4. The lowest BCUT2D eigenvalue weighted by molar-refractivity contribution is 0.0908. The Morgan fingerprint density at radius 1 is 1.28 bits per heavy atom. The first kappa shape index (κ1) is 18.9. The molecule has 1 saturated carbocycles. The minimum absolute atomic E-state index is 0.00937. The van der Waals surface area contributed by atoms with Crippen molar-refractivity contribution in [2.75, 3.05) is 32.8 Å². The van der Waals surface area contributed by atoms with Crippen LogP contribution in [0.1, 0.15) is 42.5 Å². The lowest BCUT2D eigenvalue weighted by Crippen LogP contribution is -2.41. The molecule has 1 aliphatic heterocycles. The van der Waals surface area contributed by atoms with Crippen LogP contribution >= 0.6 is 22.6 Å². The molecule has 2 N–H and O–H groups in total. The predicted octanol–water partition coefficient (Wildman–Crippen LogP) is 2.61. The van der Waals surface area contributed by atoms with E-state index in [2.05, 4.69) is 32.8 Å². The van der Waals surface area contributed by atoms with Crippen molar-refractivity contribution in [3.8, 4) is 5.75 Å². The Hall–Kier alpha value is -0.860. The minimum Gasteiger partial charge on any atom is -0.494 e. The highest BCUT2D eigenvalue weighted by Gasteiger charge is 2.53. The molecule has 5 nitrogen and oxygen atoms in total. The molecule has 1 saturated heterocycles. The summed E-state index contributed by atoms with van der Waals surface area (Å²) in [6.07, 6.45) is 5.86. The summed E-state index contributed by atoms with van der Waals surface area (Å²) in [6, 6.07) is 7.25. The Bertz CT molecular complexity index is 571. The summed E-state index contributed by atoms with van der Waals surface area (Å²) >= 11 is 2.26. The zero-order valence-electron chi connectivity index (χ0n) is 14.5. The normalized spacial score (nSPS) is 26.2. The highest BCUT2D eigenvalue weighted by Crippen LogP contribution is 2.42. The highest BCUT2D eigenvalue weighted by molar-refractivity contribution is 14.1. The molecule has 1 aliphatic carbocycles. The van der Waals surface area contributed by atoms with E-state index in [9.17, 15) is 9.90 Å².